The number of hydrogen-bond donors (Lipinski definition) is 1. The second kappa shape index (κ2) is 5.85. The first kappa shape index (κ1) is 15.8. The second-order valence-corrected chi connectivity index (χ2v) is 6.52. The highest BCUT2D eigenvalue weighted by molar-refractivity contribution is 7.92. The van der Waals surface area contributed by atoms with Crippen LogP contribution in [0.3, 0.4) is 0 Å². The molecule has 0 saturated carbocycles. The number of aromatic nitrogens is 1. The molecule has 0 atom stereocenters. The number of nitrogens with zero attached hydrogens (tertiary/aromatic N) is 2. The van der Waals surface area contributed by atoms with Gasteiger partial charge in [-0.05, 0) is 34.2 Å². The monoisotopic (exact) mass is 347 g/mol. The average Bonchev–Trinajstić information content (AvgIpc) is 2.56. The molecule has 24 heavy (non-hydrogen) atoms. The molecule has 3 aromatic rings. The van der Waals surface area contributed by atoms with Crippen molar-refractivity contribution < 1.29 is 17.7 Å². The Hall–Kier alpha value is -3.07. The number of benzene rings is 2. The first-order chi connectivity index (χ1) is 11.4. The van der Waals surface area contributed by atoms with Crippen LogP contribution >= 0.6 is 0 Å². The third-order valence-corrected chi connectivity index (χ3v) is 4.64. The van der Waals surface area contributed by atoms with Crippen molar-refractivity contribution in [3.05, 3.63) is 70.5 Å². The van der Waals surface area contributed by atoms with Gasteiger partial charge in [-0.3, -0.25) is 4.72 Å². The minimum Gasteiger partial charge on any atom is -0.358 e. The molecule has 7 nitrogen and oxygen atoms in total. The van der Waals surface area contributed by atoms with E-state index < -0.39 is 26.6 Å². The van der Waals surface area contributed by atoms with Crippen LogP contribution in [0.4, 0.5) is 15.9 Å². The van der Waals surface area contributed by atoms with Crippen LogP contribution < -0.4 is 4.72 Å². The van der Waals surface area contributed by atoms with E-state index in [9.17, 15) is 22.9 Å². The van der Waals surface area contributed by atoms with Gasteiger partial charge in [-0.1, -0.05) is 24.3 Å². The maximum Gasteiger partial charge on any atom is 0.367 e. The van der Waals surface area contributed by atoms with Gasteiger partial charge in [-0.2, -0.15) is 0 Å². The molecule has 1 N–H and O–H groups in total. The van der Waals surface area contributed by atoms with Gasteiger partial charge in [0.2, 0.25) is 5.52 Å². The zero-order chi connectivity index (χ0) is 17.3. The Morgan fingerprint density at radius 1 is 1.08 bits per heavy atom. The highest BCUT2D eigenvalue weighted by Crippen LogP contribution is 2.28. The molecule has 0 aliphatic heterocycles. The highest BCUT2D eigenvalue weighted by Gasteiger charge is 2.21. The molecule has 122 valence electrons. The molecule has 3 rings (SSSR count). The third kappa shape index (κ3) is 2.88. The molecule has 0 bridgehead atoms. The lowest BCUT2D eigenvalue weighted by Gasteiger charge is -2.08. The van der Waals surface area contributed by atoms with Crippen molar-refractivity contribution in [2.45, 2.75) is 4.90 Å². The summed E-state index contributed by atoms with van der Waals surface area (Å²) in [6.45, 7) is 0. The lowest BCUT2D eigenvalue weighted by atomic mass is 10.2. The largest absolute Gasteiger partial charge is 0.367 e. The minimum absolute atomic E-state index is 0.00732. The van der Waals surface area contributed by atoms with E-state index in [1.54, 1.807) is 18.2 Å². The lowest BCUT2D eigenvalue weighted by molar-refractivity contribution is -0.389. The molecule has 0 aliphatic carbocycles. The molecule has 0 amide bonds. The minimum atomic E-state index is -3.93. The molecular formula is C15H10FN3O4S. The Bertz CT molecular complexity index is 1040. The van der Waals surface area contributed by atoms with Crippen molar-refractivity contribution in [2.24, 2.45) is 0 Å². The van der Waals surface area contributed by atoms with Crippen LogP contribution in [-0.2, 0) is 10.0 Å². The van der Waals surface area contributed by atoms with Crippen molar-refractivity contribution in [1.29, 1.82) is 0 Å². The highest BCUT2D eigenvalue weighted by atomic mass is 32.2. The third-order valence-electron chi connectivity index (χ3n) is 3.26. The van der Waals surface area contributed by atoms with E-state index >= 15 is 0 Å². The van der Waals surface area contributed by atoms with Crippen molar-refractivity contribution in [1.82, 2.24) is 4.98 Å². The predicted molar refractivity (Wildman–Crippen MR) is 85.6 cm³/mol. The second-order valence-electron chi connectivity index (χ2n) is 4.84. The van der Waals surface area contributed by atoms with Gasteiger partial charge in [0, 0.05) is 0 Å². The van der Waals surface area contributed by atoms with Gasteiger partial charge in [-0.15, -0.1) is 0 Å². The quantitative estimate of drug-likeness (QED) is 0.577. The van der Waals surface area contributed by atoms with Gasteiger partial charge in [0.05, 0.1) is 16.3 Å². The van der Waals surface area contributed by atoms with Gasteiger partial charge in [0.25, 0.3) is 10.0 Å². The van der Waals surface area contributed by atoms with Crippen LogP contribution in [-0.4, -0.2) is 18.3 Å². The molecule has 0 aliphatic rings. The van der Waals surface area contributed by atoms with E-state index in [-0.39, 0.29) is 21.5 Å². The van der Waals surface area contributed by atoms with Crippen LogP contribution in [0.25, 0.3) is 10.9 Å². The average molecular weight is 347 g/mol. The summed E-state index contributed by atoms with van der Waals surface area (Å²) >= 11 is 0. The Kier molecular flexibility index (Phi) is 3.86. The van der Waals surface area contributed by atoms with Gasteiger partial charge in [0.1, 0.15) is 11.5 Å². The normalized spacial score (nSPS) is 11.4. The van der Waals surface area contributed by atoms with E-state index in [2.05, 4.69) is 9.71 Å². The first-order valence-electron chi connectivity index (χ1n) is 6.70. The molecule has 2 aromatic carbocycles. The predicted octanol–water partition coefficient (Wildman–Crippen LogP) is 3.08. The first-order valence-corrected chi connectivity index (χ1v) is 8.18. The fraction of sp³-hybridized carbons (Fsp3) is 0. The van der Waals surface area contributed by atoms with E-state index in [0.717, 1.165) is 0 Å². The molecule has 0 fully saturated rings. The maximum atomic E-state index is 14.0. The Labute approximate surface area is 136 Å². The molecule has 1 heterocycles. The zero-order valence-electron chi connectivity index (χ0n) is 12.0. The van der Waals surface area contributed by atoms with E-state index in [1.807, 2.05) is 0 Å². The standard InChI is InChI=1S/C15H10FN3O4S/c16-12-9-14(19(20)21)17-15-11(12)7-4-8-13(15)18-24(22,23)10-5-2-1-3-6-10/h1-9,18H. The van der Waals surface area contributed by atoms with Crippen LogP contribution in [0.2, 0.25) is 0 Å². The number of pyridine rings is 1. The molecular weight excluding hydrogens is 337 g/mol. The van der Waals surface area contributed by atoms with Gasteiger partial charge >= 0.3 is 5.82 Å². The zero-order valence-corrected chi connectivity index (χ0v) is 12.8. The maximum absolute atomic E-state index is 14.0. The van der Waals surface area contributed by atoms with E-state index in [1.165, 1.54) is 30.3 Å². The van der Waals surface area contributed by atoms with Crippen molar-refractivity contribution in [3.8, 4) is 0 Å². The Balaban J connectivity index is 2.15. The number of sulfonamides is 1. The smallest absolute Gasteiger partial charge is 0.358 e. The number of hydrogen-bond acceptors (Lipinski definition) is 5. The number of nitrogens with one attached hydrogen (secondary N) is 1. The fourth-order valence-corrected chi connectivity index (χ4v) is 3.26. The molecule has 1 aromatic heterocycles. The molecule has 0 saturated heterocycles. The summed E-state index contributed by atoms with van der Waals surface area (Å²) in [6.07, 6.45) is 0. The Morgan fingerprint density at radius 3 is 2.46 bits per heavy atom. The lowest BCUT2D eigenvalue weighted by Crippen LogP contribution is -2.13. The van der Waals surface area contributed by atoms with Crippen molar-refractivity contribution in [3.63, 3.8) is 0 Å². The number of anilines is 1. The van der Waals surface area contributed by atoms with Crippen molar-refractivity contribution >= 4 is 32.4 Å². The number of fused-ring (bicyclic) bond motifs is 1. The number of rotatable bonds is 4. The summed E-state index contributed by atoms with van der Waals surface area (Å²) in [5.74, 6) is -1.56. The SMILES string of the molecule is O=[N+]([O-])c1cc(F)c2cccc(NS(=O)(=O)c3ccccc3)c2n1. The van der Waals surface area contributed by atoms with Crippen LogP contribution in [0, 0.1) is 15.9 Å². The number of nitro groups is 1. The topological polar surface area (TPSA) is 102 Å². The summed E-state index contributed by atoms with van der Waals surface area (Å²) in [5, 5.41) is 10.8. The summed E-state index contributed by atoms with van der Waals surface area (Å²) in [7, 11) is -3.93. The molecule has 0 unspecified atom stereocenters. The summed E-state index contributed by atoms with van der Waals surface area (Å²) in [6, 6.07) is 12.4. The van der Waals surface area contributed by atoms with E-state index in [4.69, 9.17) is 0 Å². The van der Waals surface area contributed by atoms with Gasteiger partial charge < -0.3 is 10.1 Å². The van der Waals surface area contributed by atoms with Crippen LogP contribution in [0.5, 0.6) is 0 Å². The Morgan fingerprint density at radius 2 is 1.79 bits per heavy atom. The van der Waals surface area contributed by atoms with Gasteiger partial charge in [0.15, 0.2) is 0 Å². The molecule has 9 heteroatoms. The summed E-state index contributed by atoms with van der Waals surface area (Å²) in [5.41, 5.74) is -0.178. The number of halogens is 1. The van der Waals surface area contributed by atoms with Crippen LogP contribution in [0.1, 0.15) is 0 Å². The van der Waals surface area contributed by atoms with E-state index in [0.29, 0.717) is 6.07 Å². The number of para-hydroxylation sites is 1. The van der Waals surface area contributed by atoms with Crippen molar-refractivity contribution in [2.75, 3.05) is 4.72 Å². The van der Waals surface area contributed by atoms with Crippen LogP contribution in [0.15, 0.2) is 59.5 Å². The van der Waals surface area contributed by atoms with Gasteiger partial charge in [-0.25, -0.2) is 12.8 Å². The molecule has 0 radical (unpaired) electrons. The molecule has 0 spiro atoms. The summed E-state index contributed by atoms with van der Waals surface area (Å²) in [4.78, 5) is 13.8. The summed E-state index contributed by atoms with van der Waals surface area (Å²) < 4.78 is 41.1. The fourth-order valence-electron chi connectivity index (χ4n) is 2.17.